The number of hydrogen-bond acceptors (Lipinski definition) is 3. The number of ether oxygens (including phenoxy) is 1. The smallest absolute Gasteiger partial charge is 0.308 e. The molecule has 0 aromatic rings. The fraction of sp³-hybridized carbons (Fsp3) is 0.857. The molecular formula is C14H27NO4. The van der Waals surface area contributed by atoms with Crippen molar-refractivity contribution in [1.82, 2.24) is 5.32 Å². The molecule has 0 bridgehead atoms. The molecule has 2 N–H and O–H groups in total. The van der Waals surface area contributed by atoms with Gasteiger partial charge in [-0.15, -0.1) is 0 Å². The van der Waals surface area contributed by atoms with Crippen molar-refractivity contribution >= 4 is 11.9 Å². The summed E-state index contributed by atoms with van der Waals surface area (Å²) in [6.45, 7) is 9.29. The maximum atomic E-state index is 11.5. The Balaban J connectivity index is 3.98. The Morgan fingerprint density at radius 2 is 1.95 bits per heavy atom. The van der Waals surface area contributed by atoms with Gasteiger partial charge in [-0.05, 0) is 25.2 Å². The molecule has 0 saturated carbocycles. The van der Waals surface area contributed by atoms with E-state index < -0.39 is 11.9 Å². The van der Waals surface area contributed by atoms with E-state index in [1.165, 1.54) is 0 Å². The molecule has 0 aliphatic carbocycles. The Hall–Kier alpha value is -1.10. The molecule has 5 heteroatoms. The molecule has 1 unspecified atom stereocenters. The molecule has 0 heterocycles. The largest absolute Gasteiger partial charge is 0.481 e. The summed E-state index contributed by atoms with van der Waals surface area (Å²) in [6.07, 6.45) is 1.58. The van der Waals surface area contributed by atoms with E-state index in [1.54, 1.807) is 0 Å². The fourth-order valence-electron chi connectivity index (χ4n) is 1.79. The van der Waals surface area contributed by atoms with E-state index >= 15 is 0 Å². The number of nitrogens with one attached hydrogen (secondary N) is 1. The predicted molar refractivity (Wildman–Crippen MR) is 73.9 cm³/mol. The number of carboxylic acids is 1. The maximum Gasteiger partial charge on any atom is 0.308 e. The van der Waals surface area contributed by atoms with E-state index in [4.69, 9.17) is 9.84 Å². The third-order valence-electron chi connectivity index (χ3n) is 2.65. The van der Waals surface area contributed by atoms with Crippen LogP contribution in [0.1, 0.15) is 47.0 Å². The van der Waals surface area contributed by atoms with E-state index in [9.17, 15) is 9.59 Å². The van der Waals surface area contributed by atoms with Gasteiger partial charge in [0.25, 0.3) is 0 Å². The molecule has 1 amide bonds. The Bertz CT molecular complexity index is 284. The molecule has 112 valence electrons. The lowest BCUT2D eigenvalue weighted by molar-refractivity contribution is -0.142. The van der Waals surface area contributed by atoms with Gasteiger partial charge in [0.1, 0.15) is 0 Å². The first kappa shape index (κ1) is 17.9. The third kappa shape index (κ3) is 10.5. The van der Waals surface area contributed by atoms with Gasteiger partial charge in [-0.1, -0.05) is 20.8 Å². The molecule has 0 fully saturated rings. The van der Waals surface area contributed by atoms with Crippen LogP contribution in [0, 0.1) is 11.3 Å². The number of aliphatic carboxylic acids is 1. The first-order chi connectivity index (χ1) is 8.76. The van der Waals surface area contributed by atoms with E-state index in [2.05, 4.69) is 5.32 Å². The van der Waals surface area contributed by atoms with Gasteiger partial charge in [-0.2, -0.15) is 0 Å². The highest BCUT2D eigenvalue weighted by Crippen LogP contribution is 2.24. The Labute approximate surface area is 115 Å². The van der Waals surface area contributed by atoms with Gasteiger partial charge in [-0.3, -0.25) is 9.59 Å². The second-order valence-electron chi connectivity index (χ2n) is 5.90. The summed E-state index contributed by atoms with van der Waals surface area (Å²) in [5.74, 6) is -1.50. The van der Waals surface area contributed by atoms with Gasteiger partial charge in [0, 0.05) is 26.2 Å². The van der Waals surface area contributed by atoms with Crippen molar-refractivity contribution in [3.63, 3.8) is 0 Å². The average Bonchev–Trinajstić information content (AvgIpc) is 2.28. The van der Waals surface area contributed by atoms with Crippen molar-refractivity contribution in [3.05, 3.63) is 0 Å². The first-order valence-electron chi connectivity index (χ1n) is 6.83. The summed E-state index contributed by atoms with van der Waals surface area (Å²) in [6, 6.07) is 0. The molecule has 5 nitrogen and oxygen atoms in total. The zero-order valence-electron chi connectivity index (χ0n) is 12.5. The third-order valence-corrected chi connectivity index (χ3v) is 2.65. The lowest BCUT2D eigenvalue weighted by Gasteiger charge is -2.23. The minimum Gasteiger partial charge on any atom is -0.481 e. The molecule has 1 atom stereocenters. The van der Waals surface area contributed by atoms with Crippen molar-refractivity contribution in [2.45, 2.75) is 47.0 Å². The van der Waals surface area contributed by atoms with Crippen LogP contribution in [-0.2, 0) is 14.3 Å². The Morgan fingerprint density at radius 1 is 1.32 bits per heavy atom. The number of carbonyl (C=O) groups is 2. The van der Waals surface area contributed by atoms with Crippen molar-refractivity contribution in [1.29, 1.82) is 0 Å². The minimum absolute atomic E-state index is 0.0667. The summed E-state index contributed by atoms with van der Waals surface area (Å²) in [5, 5.41) is 11.8. The molecule has 0 radical (unpaired) electrons. The first-order valence-corrected chi connectivity index (χ1v) is 6.83. The molecule has 0 spiro atoms. The highest BCUT2D eigenvalue weighted by Gasteiger charge is 2.24. The molecule has 0 aliphatic heterocycles. The highest BCUT2D eigenvalue weighted by molar-refractivity contribution is 5.77. The summed E-state index contributed by atoms with van der Waals surface area (Å²) in [4.78, 5) is 22.7. The van der Waals surface area contributed by atoms with Crippen molar-refractivity contribution in [2.24, 2.45) is 11.3 Å². The summed E-state index contributed by atoms with van der Waals surface area (Å²) < 4.78 is 5.14. The van der Waals surface area contributed by atoms with E-state index in [-0.39, 0.29) is 17.9 Å². The van der Waals surface area contributed by atoms with Gasteiger partial charge < -0.3 is 15.2 Å². The van der Waals surface area contributed by atoms with Gasteiger partial charge in [0.2, 0.25) is 5.91 Å². The Kier molecular flexibility index (Phi) is 8.39. The van der Waals surface area contributed by atoms with Crippen molar-refractivity contribution < 1.29 is 19.4 Å². The van der Waals surface area contributed by atoms with Crippen LogP contribution < -0.4 is 5.32 Å². The topological polar surface area (TPSA) is 75.6 Å². The second-order valence-corrected chi connectivity index (χ2v) is 5.90. The average molecular weight is 273 g/mol. The lowest BCUT2D eigenvalue weighted by Crippen LogP contribution is -2.35. The molecular weight excluding hydrogens is 246 g/mol. The minimum atomic E-state index is -0.857. The molecule has 19 heavy (non-hydrogen) atoms. The normalized spacial score (nSPS) is 13.1. The number of carbonyl (C=O) groups excluding carboxylic acids is 1. The predicted octanol–water partition coefficient (Wildman–Crippen LogP) is 2.06. The van der Waals surface area contributed by atoms with Crippen LogP contribution in [0.5, 0.6) is 0 Å². The molecule has 0 aromatic carbocycles. The van der Waals surface area contributed by atoms with Crippen LogP contribution in [0.3, 0.4) is 0 Å². The molecule has 0 saturated heterocycles. The van der Waals surface area contributed by atoms with Gasteiger partial charge in [0.05, 0.1) is 5.92 Å². The van der Waals surface area contributed by atoms with Crippen molar-refractivity contribution in [3.8, 4) is 0 Å². The zero-order chi connectivity index (χ0) is 14.9. The van der Waals surface area contributed by atoms with Crippen LogP contribution >= 0.6 is 0 Å². The van der Waals surface area contributed by atoms with E-state index in [0.717, 1.165) is 0 Å². The molecule has 0 rings (SSSR count). The van der Waals surface area contributed by atoms with Gasteiger partial charge in [0.15, 0.2) is 0 Å². The maximum absolute atomic E-state index is 11.5. The number of hydrogen-bond donors (Lipinski definition) is 2. The lowest BCUT2D eigenvalue weighted by atomic mass is 9.84. The zero-order valence-corrected chi connectivity index (χ0v) is 12.5. The van der Waals surface area contributed by atoms with Crippen molar-refractivity contribution in [2.75, 3.05) is 19.8 Å². The highest BCUT2D eigenvalue weighted by atomic mass is 16.5. The second kappa shape index (κ2) is 8.91. The van der Waals surface area contributed by atoms with Crippen LogP contribution in [0.15, 0.2) is 0 Å². The summed E-state index contributed by atoms with van der Waals surface area (Å²) >= 11 is 0. The fourth-order valence-corrected chi connectivity index (χ4v) is 1.79. The van der Waals surface area contributed by atoms with Crippen LogP contribution in [0.4, 0.5) is 0 Å². The van der Waals surface area contributed by atoms with Crippen LogP contribution in [0.25, 0.3) is 0 Å². The SMILES string of the molecule is CCOCCCC(=O)NCC(CC(C)(C)C)C(=O)O. The quantitative estimate of drug-likeness (QED) is 0.630. The summed E-state index contributed by atoms with van der Waals surface area (Å²) in [5.41, 5.74) is -0.0667. The molecule has 0 aromatic heterocycles. The van der Waals surface area contributed by atoms with E-state index in [0.29, 0.717) is 32.5 Å². The number of rotatable bonds is 9. The van der Waals surface area contributed by atoms with E-state index in [1.807, 2.05) is 27.7 Å². The standard InChI is InChI=1S/C14H27NO4/c1-5-19-8-6-7-12(16)15-10-11(13(17)18)9-14(2,3)4/h11H,5-10H2,1-4H3,(H,15,16)(H,17,18). The molecule has 0 aliphatic rings. The number of carboxylic acid groups (broad SMARTS) is 1. The Morgan fingerprint density at radius 3 is 2.42 bits per heavy atom. The van der Waals surface area contributed by atoms with Crippen LogP contribution in [-0.4, -0.2) is 36.7 Å². The monoisotopic (exact) mass is 273 g/mol. The van der Waals surface area contributed by atoms with Crippen LogP contribution in [0.2, 0.25) is 0 Å². The summed E-state index contributed by atoms with van der Waals surface area (Å²) in [7, 11) is 0. The number of amides is 1. The van der Waals surface area contributed by atoms with Gasteiger partial charge in [-0.25, -0.2) is 0 Å². The van der Waals surface area contributed by atoms with Gasteiger partial charge >= 0.3 is 5.97 Å².